The lowest BCUT2D eigenvalue weighted by atomic mass is 9.74. The Morgan fingerprint density at radius 1 is 1.22 bits per heavy atom. The number of fused-ring (bicyclic) bond motifs is 1. The standard InChI is InChI=1S/C20H28BNO5/c1-6-25-17(23)13-16(21-26-19(2,3)20(4,5)27-21)22-12-11-14-9-7-8-10-15(14)18(22)24/h7-10,16H,6,11-13H2,1-5H3/t16-/m0/s1. The van der Waals surface area contributed by atoms with Gasteiger partial charge < -0.3 is 18.9 Å². The van der Waals surface area contributed by atoms with Crippen LogP contribution in [-0.2, 0) is 25.3 Å². The molecule has 7 heteroatoms. The first kappa shape index (κ1) is 19.9. The summed E-state index contributed by atoms with van der Waals surface area (Å²) < 4.78 is 17.5. The molecular formula is C20H28BNO5. The quantitative estimate of drug-likeness (QED) is 0.587. The Labute approximate surface area is 161 Å². The lowest BCUT2D eigenvalue weighted by molar-refractivity contribution is -0.143. The molecule has 1 fully saturated rings. The van der Waals surface area contributed by atoms with Crippen molar-refractivity contribution >= 4 is 19.0 Å². The van der Waals surface area contributed by atoms with Gasteiger partial charge in [0.15, 0.2) is 0 Å². The Balaban J connectivity index is 1.89. The number of carbonyl (C=O) groups excluding carboxylic acids is 2. The topological polar surface area (TPSA) is 65.1 Å². The average molecular weight is 373 g/mol. The average Bonchev–Trinajstić information content (AvgIpc) is 2.81. The van der Waals surface area contributed by atoms with Gasteiger partial charge in [0.05, 0.1) is 30.2 Å². The highest BCUT2D eigenvalue weighted by Gasteiger charge is 2.56. The highest BCUT2D eigenvalue weighted by Crippen LogP contribution is 2.39. The van der Waals surface area contributed by atoms with E-state index in [0.717, 1.165) is 12.0 Å². The molecule has 0 unspecified atom stereocenters. The third kappa shape index (κ3) is 3.76. The van der Waals surface area contributed by atoms with E-state index in [1.54, 1.807) is 11.8 Å². The second-order valence-electron chi connectivity index (χ2n) is 8.11. The van der Waals surface area contributed by atoms with Crippen molar-refractivity contribution in [2.45, 2.75) is 64.6 Å². The van der Waals surface area contributed by atoms with Crippen molar-refractivity contribution < 1.29 is 23.6 Å². The van der Waals surface area contributed by atoms with Gasteiger partial charge in [-0.15, -0.1) is 0 Å². The Hall–Kier alpha value is -1.86. The molecule has 2 heterocycles. The molecule has 0 bridgehead atoms. The molecule has 1 amide bonds. The summed E-state index contributed by atoms with van der Waals surface area (Å²) in [5.74, 6) is -0.990. The first-order valence-electron chi connectivity index (χ1n) is 9.56. The molecule has 1 aromatic rings. The second kappa shape index (κ2) is 7.28. The van der Waals surface area contributed by atoms with E-state index in [2.05, 4.69) is 0 Å². The number of amides is 1. The lowest BCUT2D eigenvalue weighted by Gasteiger charge is -2.36. The van der Waals surface area contributed by atoms with E-state index < -0.39 is 24.3 Å². The van der Waals surface area contributed by atoms with Crippen LogP contribution < -0.4 is 0 Å². The van der Waals surface area contributed by atoms with E-state index in [0.29, 0.717) is 18.7 Å². The van der Waals surface area contributed by atoms with Crippen LogP contribution in [-0.4, -0.2) is 54.2 Å². The first-order chi connectivity index (χ1) is 12.7. The van der Waals surface area contributed by atoms with Crippen molar-refractivity contribution in [1.29, 1.82) is 0 Å². The number of nitrogens with zero attached hydrogens (tertiary/aromatic N) is 1. The number of rotatable bonds is 5. The van der Waals surface area contributed by atoms with E-state index >= 15 is 0 Å². The number of benzene rings is 1. The number of hydrogen-bond donors (Lipinski definition) is 0. The fourth-order valence-electron chi connectivity index (χ4n) is 3.55. The van der Waals surface area contributed by atoms with Gasteiger partial charge in [0.2, 0.25) is 0 Å². The van der Waals surface area contributed by atoms with Crippen molar-refractivity contribution in [2.75, 3.05) is 13.2 Å². The normalized spacial score (nSPS) is 21.7. The van der Waals surface area contributed by atoms with Gasteiger partial charge in [-0.3, -0.25) is 9.59 Å². The van der Waals surface area contributed by atoms with Crippen molar-refractivity contribution in [3.05, 3.63) is 35.4 Å². The molecule has 1 atom stereocenters. The summed E-state index contributed by atoms with van der Waals surface area (Å²) in [5, 5.41) is 0. The van der Waals surface area contributed by atoms with Crippen LogP contribution in [0.15, 0.2) is 24.3 Å². The molecule has 146 valence electrons. The molecule has 6 nitrogen and oxygen atoms in total. The van der Waals surface area contributed by atoms with E-state index in [-0.39, 0.29) is 18.3 Å². The molecule has 0 saturated carbocycles. The Morgan fingerprint density at radius 3 is 2.48 bits per heavy atom. The summed E-state index contributed by atoms with van der Waals surface area (Å²) in [5.41, 5.74) is 0.625. The summed E-state index contributed by atoms with van der Waals surface area (Å²) in [4.78, 5) is 27.1. The molecule has 0 radical (unpaired) electrons. The van der Waals surface area contributed by atoms with Crippen LogP contribution in [0.1, 0.15) is 57.0 Å². The van der Waals surface area contributed by atoms with E-state index in [4.69, 9.17) is 14.0 Å². The first-order valence-corrected chi connectivity index (χ1v) is 9.56. The van der Waals surface area contributed by atoms with E-state index in [1.807, 2.05) is 52.0 Å². The summed E-state index contributed by atoms with van der Waals surface area (Å²) in [7, 11) is -0.686. The zero-order chi connectivity index (χ0) is 19.8. The third-order valence-electron chi connectivity index (χ3n) is 5.80. The highest BCUT2D eigenvalue weighted by molar-refractivity contribution is 6.48. The maximum Gasteiger partial charge on any atom is 0.482 e. The summed E-state index contributed by atoms with van der Waals surface area (Å²) >= 11 is 0. The molecule has 2 aliphatic heterocycles. The Bertz CT molecular complexity index is 717. The zero-order valence-corrected chi connectivity index (χ0v) is 16.8. The third-order valence-corrected chi connectivity index (χ3v) is 5.80. The van der Waals surface area contributed by atoms with Crippen LogP contribution in [0.3, 0.4) is 0 Å². The maximum absolute atomic E-state index is 13.1. The van der Waals surface area contributed by atoms with E-state index in [1.165, 1.54) is 0 Å². The Kier molecular flexibility index (Phi) is 5.37. The zero-order valence-electron chi connectivity index (χ0n) is 16.8. The van der Waals surface area contributed by atoms with Crippen molar-refractivity contribution in [3.8, 4) is 0 Å². The predicted octanol–water partition coefficient (Wildman–Crippen LogP) is 2.64. The van der Waals surface area contributed by atoms with Gasteiger partial charge in [-0.2, -0.15) is 0 Å². The minimum absolute atomic E-state index is 0.0403. The molecule has 0 aromatic heterocycles. The minimum Gasteiger partial charge on any atom is -0.466 e. The van der Waals surface area contributed by atoms with Crippen LogP contribution in [0.25, 0.3) is 0 Å². The molecule has 0 aliphatic carbocycles. The van der Waals surface area contributed by atoms with Crippen LogP contribution >= 0.6 is 0 Å². The van der Waals surface area contributed by atoms with Gasteiger partial charge >= 0.3 is 13.1 Å². The van der Waals surface area contributed by atoms with Gasteiger partial charge in [-0.05, 0) is 52.7 Å². The molecule has 0 spiro atoms. The van der Waals surface area contributed by atoms with Crippen LogP contribution in [0.4, 0.5) is 0 Å². The predicted molar refractivity (Wildman–Crippen MR) is 102 cm³/mol. The lowest BCUT2D eigenvalue weighted by Crippen LogP contribution is -2.54. The fraction of sp³-hybridized carbons (Fsp3) is 0.600. The minimum atomic E-state index is -0.686. The fourth-order valence-corrected chi connectivity index (χ4v) is 3.55. The number of ether oxygens (including phenoxy) is 1. The van der Waals surface area contributed by atoms with Crippen LogP contribution in [0.5, 0.6) is 0 Å². The number of hydrogen-bond acceptors (Lipinski definition) is 5. The molecule has 3 rings (SSSR count). The van der Waals surface area contributed by atoms with Crippen molar-refractivity contribution in [3.63, 3.8) is 0 Å². The number of carbonyl (C=O) groups is 2. The summed E-state index contributed by atoms with van der Waals surface area (Å²) in [6, 6.07) is 7.59. The maximum atomic E-state index is 13.1. The molecule has 2 aliphatic rings. The van der Waals surface area contributed by atoms with E-state index in [9.17, 15) is 9.59 Å². The smallest absolute Gasteiger partial charge is 0.466 e. The summed E-state index contributed by atoms with van der Waals surface area (Å²) in [6.07, 6.45) is 0.777. The highest BCUT2D eigenvalue weighted by atomic mass is 16.7. The molecule has 27 heavy (non-hydrogen) atoms. The SMILES string of the molecule is CCOC(=O)C[C@@H](B1OC(C)(C)C(C)(C)O1)N1CCc2ccccc2C1=O. The summed E-state index contributed by atoms with van der Waals surface area (Å²) in [6.45, 7) is 10.4. The monoisotopic (exact) mass is 373 g/mol. The van der Waals surface area contributed by atoms with Crippen molar-refractivity contribution in [1.82, 2.24) is 4.90 Å². The van der Waals surface area contributed by atoms with Gasteiger partial charge in [0.1, 0.15) is 0 Å². The molecular weight excluding hydrogens is 345 g/mol. The molecule has 1 aromatic carbocycles. The van der Waals surface area contributed by atoms with Crippen LogP contribution in [0.2, 0.25) is 0 Å². The van der Waals surface area contributed by atoms with Gasteiger partial charge in [-0.25, -0.2) is 0 Å². The number of esters is 1. The van der Waals surface area contributed by atoms with Crippen molar-refractivity contribution in [2.24, 2.45) is 0 Å². The second-order valence-corrected chi connectivity index (χ2v) is 8.11. The van der Waals surface area contributed by atoms with Gasteiger partial charge in [0.25, 0.3) is 5.91 Å². The molecule has 0 N–H and O–H groups in total. The Morgan fingerprint density at radius 2 is 1.85 bits per heavy atom. The van der Waals surface area contributed by atoms with Crippen LogP contribution in [0, 0.1) is 0 Å². The van der Waals surface area contributed by atoms with Gasteiger partial charge in [0, 0.05) is 12.1 Å². The largest absolute Gasteiger partial charge is 0.482 e. The van der Waals surface area contributed by atoms with Gasteiger partial charge in [-0.1, -0.05) is 18.2 Å². The molecule has 1 saturated heterocycles.